The van der Waals surface area contributed by atoms with Gasteiger partial charge in [0, 0.05) is 0 Å². The zero-order valence-corrected chi connectivity index (χ0v) is 14.2. The lowest BCUT2D eigenvalue weighted by atomic mass is 9.92. The summed E-state index contributed by atoms with van der Waals surface area (Å²) in [5.74, 6) is 0. The van der Waals surface area contributed by atoms with E-state index in [-0.39, 0.29) is 0 Å². The molecule has 0 nitrogen and oxygen atoms in total. The Morgan fingerprint density at radius 2 is 1.08 bits per heavy atom. The van der Waals surface area contributed by atoms with Gasteiger partial charge in [-0.2, -0.15) is 0 Å². The van der Waals surface area contributed by atoms with E-state index >= 15 is 0 Å². The van der Waals surface area contributed by atoms with E-state index in [1.165, 1.54) is 43.4 Å². The van der Waals surface area contributed by atoms with Crippen LogP contribution in [0.15, 0.2) is 61.7 Å². The second-order valence-electron chi connectivity index (χ2n) is 6.49. The molecule has 0 N–H and O–H groups in total. The van der Waals surface area contributed by atoms with Crippen molar-refractivity contribution in [3.63, 3.8) is 0 Å². The Bertz CT molecular complexity index is 1140. The van der Waals surface area contributed by atoms with Gasteiger partial charge in [-0.1, -0.05) is 61.7 Å². The highest BCUT2D eigenvalue weighted by molar-refractivity contribution is 6.17. The summed E-state index contributed by atoms with van der Waals surface area (Å²) in [6, 6.07) is 18.0. The molecule has 4 rings (SSSR count). The molecule has 0 radical (unpaired) electrons. The number of hydrogen-bond donors (Lipinski definition) is 0. The molecule has 4 aromatic rings. The highest BCUT2D eigenvalue weighted by Crippen LogP contribution is 2.34. The topological polar surface area (TPSA) is 0 Å². The van der Waals surface area contributed by atoms with Crippen molar-refractivity contribution >= 4 is 44.5 Å². The van der Waals surface area contributed by atoms with Crippen molar-refractivity contribution in [3.8, 4) is 0 Å². The maximum atomic E-state index is 3.95. The summed E-state index contributed by atoms with van der Waals surface area (Å²) in [6.45, 7) is 12.2. The largest absolute Gasteiger partial charge is 0.0984 e. The SMILES string of the molecule is C=Cc1cc2ccc3c4cc(C)c(C)cc4ccc3c2cc1C=C. The van der Waals surface area contributed by atoms with Crippen LogP contribution in [0.2, 0.25) is 0 Å². The molecule has 0 spiro atoms. The monoisotopic (exact) mass is 308 g/mol. The van der Waals surface area contributed by atoms with E-state index in [4.69, 9.17) is 0 Å². The molecule has 0 bridgehead atoms. The summed E-state index contributed by atoms with van der Waals surface area (Å²) >= 11 is 0. The number of rotatable bonds is 2. The Kier molecular flexibility index (Phi) is 3.28. The van der Waals surface area contributed by atoms with Gasteiger partial charge < -0.3 is 0 Å². The highest BCUT2D eigenvalue weighted by atomic mass is 14.1. The third-order valence-electron chi connectivity index (χ3n) is 5.09. The van der Waals surface area contributed by atoms with E-state index in [2.05, 4.69) is 75.5 Å². The van der Waals surface area contributed by atoms with Crippen LogP contribution in [0.4, 0.5) is 0 Å². The molecule has 0 amide bonds. The van der Waals surface area contributed by atoms with Crippen LogP contribution < -0.4 is 0 Å². The molecule has 0 aromatic heterocycles. The third kappa shape index (κ3) is 2.07. The molecule has 0 unspecified atom stereocenters. The molecule has 0 aliphatic heterocycles. The predicted octanol–water partition coefficient (Wildman–Crippen LogP) is 7.05. The van der Waals surface area contributed by atoms with E-state index in [0.717, 1.165) is 11.1 Å². The lowest BCUT2D eigenvalue weighted by molar-refractivity contribution is 1.37. The first kappa shape index (κ1) is 14.7. The second kappa shape index (κ2) is 5.35. The van der Waals surface area contributed by atoms with Gasteiger partial charge in [0.25, 0.3) is 0 Å². The van der Waals surface area contributed by atoms with Gasteiger partial charge in [0.15, 0.2) is 0 Å². The van der Waals surface area contributed by atoms with Crippen LogP contribution in [0.5, 0.6) is 0 Å². The summed E-state index contributed by atoms with van der Waals surface area (Å²) in [6.07, 6.45) is 3.80. The molecule has 4 aromatic carbocycles. The summed E-state index contributed by atoms with van der Waals surface area (Å²) in [4.78, 5) is 0. The van der Waals surface area contributed by atoms with Crippen molar-refractivity contribution in [1.82, 2.24) is 0 Å². The van der Waals surface area contributed by atoms with Crippen LogP contribution >= 0.6 is 0 Å². The quantitative estimate of drug-likeness (QED) is 0.348. The first-order valence-corrected chi connectivity index (χ1v) is 8.27. The fraction of sp³-hybridized carbons (Fsp3) is 0.0833. The van der Waals surface area contributed by atoms with Crippen LogP contribution in [0.1, 0.15) is 22.3 Å². The van der Waals surface area contributed by atoms with Crippen molar-refractivity contribution in [2.75, 3.05) is 0 Å². The molecule has 0 heteroatoms. The summed E-state index contributed by atoms with van der Waals surface area (Å²) in [5.41, 5.74) is 4.94. The van der Waals surface area contributed by atoms with Gasteiger partial charge in [-0.15, -0.1) is 0 Å². The standard InChI is InChI=1S/C24H20/c1-5-17-13-20-8-10-21-22(24(20)14-18(17)6-2)9-7-19-11-15(3)16(4)12-23(19)21/h5-14H,1-2H2,3-4H3. The van der Waals surface area contributed by atoms with Crippen LogP contribution in [0.3, 0.4) is 0 Å². The van der Waals surface area contributed by atoms with Gasteiger partial charge >= 0.3 is 0 Å². The van der Waals surface area contributed by atoms with Gasteiger partial charge in [-0.25, -0.2) is 0 Å². The van der Waals surface area contributed by atoms with Crippen molar-refractivity contribution < 1.29 is 0 Å². The van der Waals surface area contributed by atoms with Crippen LogP contribution in [0, 0.1) is 13.8 Å². The molecule has 0 fully saturated rings. The fourth-order valence-corrected chi connectivity index (χ4v) is 3.58. The minimum atomic E-state index is 1.13. The Balaban J connectivity index is 2.18. The number of fused-ring (bicyclic) bond motifs is 5. The maximum absolute atomic E-state index is 3.95. The van der Waals surface area contributed by atoms with Crippen LogP contribution in [-0.4, -0.2) is 0 Å². The molecule has 0 heterocycles. The Hall–Kier alpha value is -2.86. The van der Waals surface area contributed by atoms with E-state index in [1.807, 2.05) is 12.2 Å². The average Bonchev–Trinajstić information content (AvgIpc) is 2.61. The van der Waals surface area contributed by atoms with Crippen LogP contribution in [-0.2, 0) is 0 Å². The molecule has 0 atom stereocenters. The molecule has 0 saturated heterocycles. The molecule has 24 heavy (non-hydrogen) atoms. The lowest BCUT2D eigenvalue weighted by Crippen LogP contribution is -1.87. The van der Waals surface area contributed by atoms with E-state index < -0.39 is 0 Å². The summed E-state index contributed by atoms with van der Waals surface area (Å²) < 4.78 is 0. The van der Waals surface area contributed by atoms with Gasteiger partial charge in [0.1, 0.15) is 0 Å². The molecule has 0 aliphatic carbocycles. The van der Waals surface area contributed by atoms with Gasteiger partial charge in [0.2, 0.25) is 0 Å². The smallest absolute Gasteiger partial charge is 0.00987 e. The minimum absolute atomic E-state index is 1.13. The van der Waals surface area contributed by atoms with E-state index in [0.29, 0.717) is 0 Å². The zero-order chi connectivity index (χ0) is 16.8. The van der Waals surface area contributed by atoms with Gasteiger partial charge in [-0.05, 0) is 80.6 Å². The second-order valence-corrected chi connectivity index (χ2v) is 6.49. The number of aryl methyl sites for hydroxylation is 2. The van der Waals surface area contributed by atoms with Crippen molar-refractivity contribution in [2.24, 2.45) is 0 Å². The first-order chi connectivity index (χ1) is 11.6. The van der Waals surface area contributed by atoms with E-state index in [9.17, 15) is 0 Å². The molecule has 116 valence electrons. The predicted molar refractivity (Wildman–Crippen MR) is 109 cm³/mol. The molecule has 0 saturated carbocycles. The van der Waals surface area contributed by atoms with Gasteiger partial charge in [0.05, 0.1) is 0 Å². The van der Waals surface area contributed by atoms with Crippen LogP contribution in [0.25, 0.3) is 44.5 Å². The third-order valence-corrected chi connectivity index (χ3v) is 5.09. The number of hydrogen-bond acceptors (Lipinski definition) is 0. The number of benzene rings is 4. The highest BCUT2D eigenvalue weighted by Gasteiger charge is 2.08. The maximum Gasteiger partial charge on any atom is -0.00987 e. The van der Waals surface area contributed by atoms with Crippen molar-refractivity contribution in [2.45, 2.75) is 13.8 Å². The van der Waals surface area contributed by atoms with E-state index in [1.54, 1.807) is 0 Å². The van der Waals surface area contributed by atoms with Crippen molar-refractivity contribution in [3.05, 3.63) is 83.9 Å². The van der Waals surface area contributed by atoms with Gasteiger partial charge in [-0.3, -0.25) is 0 Å². The first-order valence-electron chi connectivity index (χ1n) is 8.27. The Morgan fingerprint density at radius 3 is 1.71 bits per heavy atom. The normalized spacial score (nSPS) is 11.2. The molecule has 0 aliphatic rings. The Labute approximate surface area is 142 Å². The van der Waals surface area contributed by atoms with Crippen molar-refractivity contribution in [1.29, 1.82) is 0 Å². The lowest BCUT2D eigenvalue weighted by Gasteiger charge is -2.12. The zero-order valence-electron chi connectivity index (χ0n) is 14.2. The summed E-state index contributed by atoms with van der Waals surface area (Å²) in [5, 5.41) is 7.74. The average molecular weight is 308 g/mol. The fourth-order valence-electron chi connectivity index (χ4n) is 3.58. The molecular weight excluding hydrogens is 288 g/mol. The Morgan fingerprint density at radius 1 is 0.583 bits per heavy atom. The minimum Gasteiger partial charge on any atom is -0.0984 e. The molecular formula is C24H20. The summed E-state index contributed by atoms with van der Waals surface area (Å²) in [7, 11) is 0.